The van der Waals surface area contributed by atoms with Crippen molar-refractivity contribution in [1.82, 2.24) is 0 Å². The van der Waals surface area contributed by atoms with Crippen molar-refractivity contribution in [3.8, 4) is 0 Å². The molecule has 0 spiro atoms. The van der Waals surface area contributed by atoms with Gasteiger partial charge in [0.2, 0.25) is 0 Å². The van der Waals surface area contributed by atoms with E-state index < -0.39 is 14.5 Å². The van der Waals surface area contributed by atoms with Crippen LogP contribution in [0.15, 0.2) is 0 Å². The van der Waals surface area contributed by atoms with Gasteiger partial charge in [-0.15, -0.1) is 0 Å². The molecule has 0 aliphatic carbocycles. The van der Waals surface area contributed by atoms with Crippen molar-refractivity contribution in [3.63, 3.8) is 0 Å². The molecule has 0 saturated carbocycles. The Morgan fingerprint density at radius 1 is 0.905 bits per heavy atom. The lowest BCUT2D eigenvalue weighted by Gasteiger charge is -2.34. The number of ether oxygens (including phenoxy) is 1. The van der Waals surface area contributed by atoms with E-state index in [1.807, 2.05) is 0 Å². The minimum Gasteiger partial charge on any atom is -0.489 e. The van der Waals surface area contributed by atoms with Crippen LogP contribution in [0.4, 0.5) is 4.79 Å². The number of rotatable bonds is 10. The minimum atomic E-state index is -2.04. The molecule has 0 rings (SSSR count). The summed E-state index contributed by atoms with van der Waals surface area (Å²) in [7, 11) is -2.04. The van der Waals surface area contributed by atoms with Crippen LogP contribution in [0.2, 0.25) is 18.1 Å². The van der Waals surface area contributed by atoms with Gasteiger partial charge in [-0.05, 0) is 24.6 Å². The van der Waals surface area contributed by atoms with E-state index in [1.54, 1.807) is 0 Å². The summed E-state index contributed by atoms with van der Waals surface area (Å²) < 4.78 is 10.7. The molecule has 0 fully saturated rings. The SMILES string of the molecule is CCCCCCCCCCOC(=O)O[Si](C)(C)C(C)(C)C. The van der Waals surface area contributed by atoms with Gasteiger partial charge >= 0.3 is 6.16 Å². The van der Waals surface area contributed by atoms with Crippen molar-refractivity contribution in [3.05, 3.63) is 0 Å². The summed E-state index contributed by atoms with van der Waals surface area (Å²) in [5, 5.41) is 0.0323. The molecule has 0 aliphatic heterocycles. The van der Waals surface area contributed by atoms with Gasteiger partial charge in [-0.1, -0.05) is 72.6 Å². The zero-order valence-electron chi connectivity index (χ0n) is 15.1. The maximum absolute atomic E-state index is 11.7. The number of hydrogen-bond donors (Lipinski definition) is 0. The number of carbonyl (C=O) groups excluding carboxylic acids is 1. The predicted octanol–water partition coefficient (Wildman–Crippen LogP) is 6.29. The van der Waals surface area contributed by atoms with E-state index >= 15 is 0 Å². The molecule has 0 N–H and O–H groups in total. The highest BCUT2D eigenvalue weighted by molar-refractivity contribution is 6.75. The smallest absolute Gasteiger partial charge is 0.489 e. The third-order valence-corrected chi connectivity index (χ3v) is 8.65. The fourth-order valence-electron chi connectivity index (χ4n) is 1.78. The molecule has 0 aromatic heterocycles. The topological polar surface area (TPSA) is 35.5 Å². The first kappa shape index (κ1) is 20.5. The lowest BCUT2D eigenvalue weighted by atomic mass is 10.1. The standard InChI is InChI=1S/C17H36O3Si/c1-7-8-9-10-11-12-13-14-15-19-16(18)20-21(5,6)17(2,3)4/h7-15H2,1-6H3. The fraction of sp³-hybridized carbons (Fsp3) is 0.941. The van der Waals surface area contributed by atoms with Gasteiger partial charge in [0.25, 0.3) is 8.32 Å². The third-order valence-electron chi connectivity index (χ3n) is 4.36. The predicted molar refractivity (Wildman–Crippen MR) is 92.2 cm³/mol. The van der Waals surface area contributed by atoms with Crippen LogP contribution >= 0.6 is 0 Å². The van der Waals surface area contributed by atoms with Crippen LogP contribution in [-0.2, 0) is 9.16 Å². The summed E-state index contributed by atoms with van der Waals surface area (Å²) in [6.07, 6.45) is 9.48. The maximum atomic E-state index is 11.7. The van der Waals surface area contributed by atoms with Crippen molar-refractivity contribution in [2.45, 2.75) is 97.2 Å². The zero-order valence-corrected chi connectivity index (χ0v) is 16.1. The van der Waals surface area contributed by atoms with Gasteiger partial charge in [-0.2, -0.15) is 0 Å². The second-order valence-electron chi connectivity index (χ2n) is 7.44. The van der Waals surface area contributed by atoms with E-state index in [9.17, 15) is 4.79 Å². The monoisotopic (exact) mass is 316 g/mol. The molecule has 4 heteroatoms. The molecule has 0 aromatic carbocycles. The van der Waals surface area contributed by atoms with Crippen LogP contribution < -0.4 is 0 Å². The van der Waals surface area contributed by atoms with E-state index in [0.717, 1.165) is 12.8 Å². The maximum Gasteiger partial charge on any atom is 0.494 e. The molecular weight excluding hydrogens is 280 g/mol. The Bertz CT molecular complexity index is 282. The van der Waals surface area contributed by atoms with E-state index in [-0.39, 0.29) is 5.04 Å². The lowest BCUT2D eigenvalue weighted by molar-refractivity contribution is 0.0928. The second-order valence-corrected chi connectivity index (χ2v) is 12.2. The second kappa shape index (κ2) is 10.3. The largest absolute Gasteiger partial charge is 0.494 e. The molecule has 0 saturated heterocycles. The average molecular weight is 317 g/mol. The summed E-state index contributed by atoms with van der Waals surface area (Å²) in [4.78, 5) is 11.7. The van der Waals surface area contributed by atoms with Gasteiger partial charge in [0.05, 0.1) is 6.61 Å². The summed E-state index contributed by atoms with van der Waals surface area (Å²) in [5.74, 6) is 0. The number of carbonyl (C=O) groups is 1. The normalized spacial score (nSPS) is 12.3. The molecule has 0 radical (unpaired) electrons. The van der Waals surface area contributed by atoms with E-state index in [0.29, 0.717) is 6.61 Å². The Labute approximate surface area is 132 Å². The average Bonchev–Trinajstić information content (AvgIpc) is 2.35. The number of unbranched alkanes of at least 4 members (excludes halogenated alkanes) is 7. The molecule has 0 unspecified atom stereocenters. The Morgan fingerprint density at radius 3 is 1.86 bits per heavy atom. The minimum absolute atomic E-state index is 0.0323. The summed E-state index contributed by atoms with van der Waals surface area (Å²) in [6, 6.07) is 0. The Kier molecular flexibility index (Phi) is 10.0. The molecule has 3 nitrogen and oxygen atoms in total. The van der Waals surface area contributed by atoms with Crippen LogP contribution in [0, 0.1) is 0 Å². The first-order chi connectivity index (χ1) is 9.70. The van der Waals surface area contributed by atoms with Crippen LogP contribution in [-0.4, -0.2) is 21.1 Å². The molecular formula is C17H36O3Si. The van der Waals surface area contributed by atoms with Crippen LogP contribution in [0.3, 0.4) is 0 Å². The molecule has 126 valence electrons. The number of hydrogen-bond acceptors (Lipinski definition) is 3. The van der Waals surface area contributed by atoms with Crippen molar-refractivity contribution < 1.29 is 14.0 Å². The highest BCUT2D eigenvalue weighted by Crippen LogP contribution is 2.36. The van der Waals surface area contributed by atoms with E-state index in [2.05, 4.69) is 40.8 Å². The van der Waals surface area contributed by atoms with Crippen molar-refractivity contribution in [2.24, 2.45) is 0 Å². The summed E-state index contributed by atoms with van der Waals surface area (Å²) in [5.41, 5.74) is 0. The van der Waals surface area contributed by atoms with Crippen molar-refractivity contribution >= 4 is 14.5 Å². The van der Waals surface area contributed by atoms with Crippen LogP contribution in [0.25, 0.3) is 0 Å². The van der Waals surface area contributed by atoms with Gasteiger partial charge in [-0.25, -0.2) is 4.79 Å². The molecule has 0 aromatic rings. The van der Waals surface area contributed by atoms with E-state index in [1.165, 1.54) is 38.5 Å². The highest BCUT2D eigenvalue weighted by atomic mass is 28.4. The Morgan fingerprint density at radius 2 is 1.38 bits per heavy atom. The van der Waals surface area contributed by atoms with E-state index in [4.69, 9.17) is 9.16 Å². The van der Waals surface area contributed by atoms with Crippen LogP contribution in [0.5, 0.6) is 0 Å². The zero-order chi connectivity index (χ0) is 16.4. The molecule has 0 aliphatic rings. The highest BCUT2D eigenvalue weighted by Gasteiger charge is 2.40. The lowest BCUT2D eigenvalue weighted by Crippen LogP contribution is -2.42. The first-order valence-corrected chi connectivity index (χ1v) is 11.5. The van der Waals surface area contributed by atoms with Gasteiger partial charge < -0.3 is 9.16 Å². The third kappa shape index (κ3) is 9.94. The fourth-order valence-corrected chi connectivity index (χ4v) is 2.56. The summed E-state index contributed by atoms with van der Waals surface area (Å²) >= 11 is 0. The van der Waals surface area contributed by atoms with Gasteiger partial charge in [0.1, 0.15) is 0 Å². The molecule has 21 heavy (non-hydrogen) atoms. The Balaban J connectivity index is 3.59. The molecule has 0 bridgehead atoms. The van der Waals surface area contributed by atoms with Crippen molar-refractivity contribution in [1.29, 1.82) is 0 Å². The Hall–Kier alpha value is -0.513. The van der Waals surface area contributed by atoms with Gasteiger partial charge in [-0.3, -0.25) is 0 Å². The molecule has 0 atom stereocenters. The molecule has 0 amide bonds. The van der Waals surface area contributed by atoms with Gasteiger partial charge in [0, 0.05) is 0 Å². The van der Waals surface area contributed by atoms with Crippen molar-refractivity contribution in [2.75, 3.05) is 6.61 Å². The van der Waals surface area contributed by atoms with Crippen LogP contribution in [0.1, 0.15) is 79.1 Å². The summed E-state index contributed by atoms with van der Waals surface area (Å²) in [6.45, 7) is 13.2. The first-order valence-electron chi connectivity index (χ1n) is 8.56. The van der Waals surface area contributed by atoms with Gasteiger partial charge in [0.15, 0.2) is 0 Å². The molecule has 0 heterocycles. The quantitative estimate of drug-likeness (QED) is 0.270.